The number of carbonyl (C=O) groups excluding carboxylic acids is 1. The molecule has 0 unspecified atom stereocenters. The van der Waals surface area contributed by atoms with Gasteiger partial charge in [-0.15, -0.1) is 0 Å². The predicted octanol–water partition coefficient (Wildman–Crippen LogP) is 4.73. The lowest BCUT2D eigenvalue weighted by atomic mass is 9.98. The fourth-order valence-corrected chi connectivity index (χ4v) is 3.83. The number of benzene rings is 2. The average molecular weight is 509 g/mol. The van der Waals surface area contributed by atoms with E-state index in [4.69, 9.17) is 15.3 Å². The Balaban J connectivity index is 0.000000323. The van der Waals surface area contributed by atoms with Crippen LogP contribution in [0.25, 0.3) is 0 Å². The molecule has 0 atom stereocenters. The van der Waals surface area contributed by atoms with Crippen LogP contribution >= 0.6 is 15.9 Å². The van der Waals surface area contributed by atoms with Crippen molar-refractivity contribution in [3.8, 4) is 0 Å². The van der Waals surface area contributed by atoms with E-state index in [1.165, 1.54) is 5.56 Å². The van der Waals surface area contributed by atoms with Gasteiger partial charge in [-0.25, -0.2) is 0 Å². The van der Waals surface area contributed by atoms with Crippen molar-refractivity contribution in [3.05, 3.63) is 68.7 Å². The fraction of sp³-hybridized carbons (Fsp3) is 0.500. The Kier molecular flexibility index (Phi) is 15.1. The third-order valence-electron chi connectivity index (χ3n) is 5.33. The summed E-state index contributed by atoms with van der Waals surface area (Å²) >= 11 is 3.43. The molecule has 0 fully saturated rings. The van der Waals surface area contributed by atoms with Gasteiger partial charge in [0.15, 0.2) is 5.78 Å². The van der Waals surface area contributed by atoms with Crippen LogP contribution in [0.15, 0.2) is 40.9 Å². The van der Waals surface area contributed by atoms with Gasteiger partial charge in [-0.05, 0) is 85.9 Å². The number of halogens is 1. The Bertz CT molecular complexity index is 807. The van der Waals surface area contributed by atoms with E-state index in [9.17, 15) is 9.90 Å². The van der Waals surface area contributed by atoms with Crippen LogP contribution in [0.5, 0.6) is 0 Å². The molecule has 0 saturated carbocycles. The van der Waals surface area contributed by atoms with Crippen molar-refractivity contribution in [2.24, 2.45) is 0 Å². The molecule has 2 rings (SSSR count). The number of ketones is 1. The Morgan fingerprint density at radius 2 is 1.19 bits per heavy atom. The maximum Gasteiger partial charge on any atom is 0.159 e. The first kappa shape index (κ1) is 28.5. The van der Waals surface area contributed by atoms with Crippen LogP contribution in [0.2, 0.25) is 0 Å². The lowest BCUT2D eigenvalue weighted by molar-refractivity contribution is 0.101. The number of aliphatic hydroxyl groups is 4. The molecule has 5 nitrogen and oxygen atoms in total. The summed E-state index contributed by atoms with van der Waals surface area (Å²) in [5.41, 5.74) is 4.82. The molecule has 0 bridgehead atoms. The lowest BCUT2D eigenvalue weighted by Gasteiger charge is -2.09. The summed E-state index contributed by atoms with van der Waals surface area (Å²) in [4.78, 5) is 11.3. The van der Waals surface area contributed by atoms with Crippen molar-refractivity contribution in [2.75, 3.05) is 13.2 Å². The quantitative estimate of drug-likeness (QED) is 0.231. The first-order valence-corrected chi connectivity index (χ1v) is 12.1. The fourth-order valence-electron chi connectivity index (χ4n) is 3.42. The Morgan fingerprint density at radius 3 is 1.66 bits per heavy atom. The molecule has 4 N–H and O–H groups in total. The standard InChI is InChI=1S/C14H20O3.C12H17BrO2/c1-11(17)12-6-7-14(10-16)13(9-12)5-3-2-4-8-15;13-12-6-5-11(9-15)10(8-12)4-2-1-3-7-14/h6-7,9,15-16H,2-5,8,10H2,1H3;5-6,8,14-15H,1-4,7,9H2. The number of rotatable bonds is 13. The first-order valence-electron chi connectivity index (χ1n) is 11.3. The highest BCUT2D eigenvalue weighted by molar-refractivity contribution is 9.10. The Hall–Kier alpha value is -1.57. The SMILES string of the molecule is CC(=O)c1ccc(CO)c(CCCCCO)c1.OCCCCCc1cc(Br)ccc1CO. The van der Waals surface area contributed by atoms with Crippen molar-refractivity contribution < 1.29 is 25.2 Å². The van der Waals surface area contributed by atoms with Gasteiger partial charge in [-0.2, -0.15) is 0 Å². The van der Waals surface area contributed by atoms with Gasteiger partial charge in [0, 0.05) is 23.2 Å². The summed E-state index contributed by atoms with van der Waals surface area (Å²) in [5, 5.41) is 35.7. The topological polar surface area (TPSA) is 98.0 Å². The van der Waals surface area contributed by atoms with Crippen molar-refractivity contribution >= 4 is 21.7 Å². The zero-order valence-electron chi connectivity index (χ0n) is 19.0. The van der Waals surface area contributed by atoms with Gasteiger partial charge in [-0.3, -0.25) is 4.79 Å². The predicted molar refractivity (Wildman–Crippen MR) is 132 cm³/mol. The zero-order valence-corrected chi connectivity index (χ0v) is 20.6. The lowest BCUT2D eigenvalue weighted by Crippen LogP contribution is -2.00. The maximum atomic E-state index is 11.3. The summed E-state index contributed by atoms with van der Waals surface area (Å²) in [6, 6.07) is 11.4. The molecule has 32 heavy (non-hydrogen) atoms. The van der Waals surface area contributed by atoms with Gasteiger partial charge >= 0.3 is 0 Å². The molecule has 0 radical (unpaired) electrons. The molecule has 0 heterocycles. The number of hydrogen-bond acceptors (Lipinski definition) is 5. The number of aliphatic hydroxyl groups excluding tert-OH is 4. The summed E-state index contributed by atoms with van der Waals surface area (Å²) in [7, 11) is 0. The number of Topliss-reactive ketones (excluding diaryl/α,β-unsaturated/α-hetero) is 1. The van der Waals surface area contributed by atoms with E-state index in [1.54, 1.807) is 13.0 Å². The molecule has 0 aliphatic rings. The number of hydrogen-bond donors (Lipinski definition) is 4. The minimum absolute atomic E-state index is 0.00746. The van der Waals surface area contributed by atoms with E-state index in [-0.39, 0.29) is 32.2 Å². The van der Waals surface area contributed by atoms with Gasteiger partial charge in [-0.1, -0.05) is 47.0 Å². The molecule has 0 aliphatic carbocycles. The molecule has 6 heteroatoms. The molecule has 178 valence electrons. The van der Waals surface area contributed by atoms with Gasteiger partial charge in [0.25, 0.3) is 0 Å². The highest BCUT2D eigenvalue weighted by Gasteiger charge is 2.06. The second kappa shape index (κ2) is 17.0. The van der Waals surface area contributed by atoms with Crippen LogP contribution in [-0.4, -0.2) is 39.4 Å². The summed E-state index contributed by atoms with van der Waals surface area (Å²) < 4.78 is 1.05. The molecular weight excluding hydrogens is 472 g/mol. The minimum Gasteiger partial charge on any atom is -0.396 e. The number of aryl methyl sites for hydroxylation is 2. The van der Waals surface area contributed by atoms with Crippen LogP contribution in [-0.2, 0) is 26.1 Å². The van der Waals surface area contributed by atoms with Crippen LogP contribution in [0.4, 0.5) is 0 Å². The smallest absolute Gasteiger partial charge is 0.159 e. The van der Waals surface area contributed by atoms with E-state index >= 15 is 0 Å². The van der Waals surface area contributed by atoms with Crippen molar-refractivity contribution in [1.29, 1.82) is 0 Å². The van der Waals surface area contributed by atoms with Crippen LogP contribution in [0.1, 0.15) is 78.1 Å². The van der Waals surface area contributed by atoms with E-state index in [0.717, 1.165) is 72.5 Å². The molecule has 0 amide bonds. The summed E-state index contributed by atoms with van der Waals surface area (Å²) in [6.07, 6.45) is 7.51. The molecular formula is C26H37BrO5. The second-order valence-electron chi connectivity index (χ2n) is 7.84. The van der Waals surface area contributed by atoms with E-state index in [1.807, 2.05) is 24.3 Å². The molecule has 2 aromatic rings. The van der Waals surface area contributed by atoms with Crippen molar-refractivity contribution in [3.63, 3.8) is 0 Å². The molecule has 0 aromatic heterocycles. The first-order chi connectivity index (χ1) is 15.5. The van der Waals surface area contributed by atoms with Gasteiger partial charge in [0.2, 0.25) is 0 Å². The van der Waals surface area contributed by atoms with Crippen molar-refractivity contribution in [1.82, 2.24) is 0 Å². The van der Waals surface area contributed by atoms with E-state index in [2.05, 4.69) is 22.0 Å². The van der Waals surface area contributed by atoms with E-state index in [0.29, 0.717) is 5.56 Å². The zero-order chi connectivity index (χ0) is 23.8. The van der Waals surface area contributed by atoms with Gasteiger partial charge in [0.1, 0.15) is 0 Å². The third kappa shape index (κ3) is 10.8. The Morgan fingerprint density at radius 1 is 0.688 bits per heavy atom. The minimum atomic E-state index is 0.00746. The molecule has 2 aromatic carbocycles. The van der Waals surface area contributed by atoms with Crippen LogP contribution in [0.3, 0.4) is 0 Å². The average Bonchev–Trinajstić information content (AvgIpc) is 2.80. The van der Waals surface area contributed by atoms with Gasteiger partial charge in [0.05, 0.1) is 13.2 Å². The normalized spacial score (nSPS) is 10.6. The largest absolute Gasteiger partial charge is 0.396 e. The number of unbranched alkanes of at least 4 members (excludes halogenated alkanes) is 4. The van der Waals surface area contributed by atoms with E-state index < -0.39 is 0 Å². The van der Waals surface area contributed by atoms with Crippen LogP contribution in [0, 0.1) is 0 Å². The molecule has 0 spiro atoms. The highest BCUT2D eigenvalue weighted by atomic mass is 79.9. The maximum absolute atomic E-state index is 11.3. The summed E-state index contributed by atoms with van der Waals surface area (Å²) in [5.74, 6) is 0.0473. The molecule has 0 aliphatic heterocycles. The van der Waals surface area contributed by atoms with Crippen molar-refractivity contribution in [2.45, 2.75) is 71.5 Å². The molecule has 0 saturated heterocycles. The summed E-state index contributed by atoms with van der Waals surface area (Å²) in [6.45, 7) is 2.14. The van der Waals surface area contributed by atoms with Gasteiger partial charge < -0.3 is 20.4 Å². The second-order valence-corrected chi connectivity index (χ2v) is 8.75. The highest BCUT2D eigenvalue weighted by Crippen LogP contribution is 2.19. The Labute approximate surface area is 200 Å². The van der Waals surface area contributed by atoms with Crippen LogP contribution < -0.4 is 0 Å². The number of carbonyl (C=O) groups is 1. The monoisotopic (exact) mass is 508 g/mol. The third-order valence-corrected chi connectivity index (χ3v) is 5.82.